The molecule has 0 atom stereocenters. The van der Waals surface area contributed by atoms with E-state index in [-0.39, 0.29) is 0 Å². The Balaban J connectivity index is 0.891. The molecule has 13 aromatic rings. The van der Waals surface area contributed by atoms with E-state index in [0.717, 1.165) is 44.3 Å². The van der Waals surface area contributed by atoms with Crippen LogP contribution in [0.25, 0.3) is 106 Å². The molecular formula is C61H38N2S3. The molecule has 0 N–H and O–H groups in total. The first-order chi connectivity index (χ1) is 32.7. The van der Waals surface area contributed by atoms with Crippen molar-refractivity contribution in [3.8, 4) is 55.1 Å². The summed E-state index contributed by atoms with van der Waals surface area (Å²) in [5.74, 6) is 0. The second-order valence-electron chi connectivity index (χ2n) is 16.7. The van der Waals surface area contributed by atoms with Gasteiger partial charge in [-0.25, -0.2) is 4.98 Å². The summed E-state index contributed by atoms with van der Waals surface area (Å²) < 4.78 is 6.48. The summed E-state index contributed by atoms with van der Waals surface area (Å²) in [6, 6.07) is 83.9. The molecule has 0 amide bonds. The second-order valence-corrected chi connectivity index (χ2v) is 19.9. The molecule has 5 heteroatoms. The average Bonchev–Trinajstić information content (AvgIpc) is 4.11. The smallest absolute Gasteiger partial charge is 0.124 e. The molecule has 2 nitrogen and oxygen atoms in total. The van der Waals surface area contributed by atoms with Gasteiger partial charge in [-0.1, -0.05) is 146 Å². The van der Waals surface area contributed by atoms with Crippen LogP contribution in [0.4, 0.5) is 17.1 Å². The Labute approximate surface area is 394 Å². The molecule has 0 radical (unpaired) electrons. The SMILES string of the molecule is c1ccc(N(c2ccccc2)c2ccc(-c3nc4c(-c5ccc(-c6ccc7sc8ccccc8c7c6)cc5)ccc(-c5ccc(-c6ccc7sc8ccccc8c7c6)cc5)c4s3)cc2)cc1. The Morgan fingerprint density at radius 3 is 1.24 bits per heavy atom. The quantitative estimate of drug-likeness (QED) is 0.151. The second kappa shape index (κ2) is 16.1. The third-order valence-corrected chi connectivity index (χ3v) is 16.2. The van der Waals surface area contributed by atoms with Crippen molar-refractivity contribution in [1.82, 2.24) is 4.98 Å². The molecule has 0 aliphatic rings. The molecule has 0 aliphatic carbocycles. The Morgan fingerprint density at radius 2 is 0.697 bits per heavy atom. The molecule has 0 saturated heterocycles. The van der Waals surface area contributed by atoms with Gasteiger partial charge in [-0.3, -0.25) is 0 Å². The van der Waals surface area contributed by atoms with Crippen LogP contribution in [0.1, 0.15) is 0 Å². The number of hydrogen-bond donors (Lipinski definition) is 0. The summed E-state index contributed by atoms with van der Waals surface area (Å²) in [4.78, 5) is 7.79. The number of fused-ring (bicyclic) bond motifs is 7. The molecule has 0 bridgehead atoms. The van der Waals surface area contributed by atoms with Gasteiger partial charge in [0.15, 0.2) is 0 Å². The zero-order valence-corrected chi connectivity index (χ0v) is 38.0. The van der Waals surface area contributed by atoms with E-state index in [1.807, 2.05) is 22.7 Å². The van der Waals surface area contributed by atoms with Gasteiger partial charge in [-0.15, -0.1) is 34.0 Å². The van der Waals surface area contributed by atoms with E-state index in [9.17, 15) is 0 Å². The highest BCUT2D eigenvalue weighted by molar-refractivity contribution is 7.26. The molecule has 3 aromatic heterocycles. The highest BCUT2D eigenvalue weighted by Gasteiger charge is 2.19. The molecular weight excluding hydrogens is 857 g/mol. The maximum absolute atomic E-state index is 5.49. The lowest BCUT2D eigenvalue weighted by atomic mass is 9.95. The topological polar surface area (TPSA) is 16.1 Å². The molecule has 3 heterocycles. The predicted molar refractivity (Wildman–Crippen MR) is 287 cm³/mol. The molecule has 0 aliphatic heterocycles. The maximum atomic E-state index is 5.49. The fourth-order valence-electron chi connectivity index (χ4n) is 9.44. The first kappa shape index (κ1) is 38.8. The molecule has 10 aromatic carbocycles. The van der Waals surface area contributed by atoms with E-state index in [2.05, 4.69) is 235 Å². The normalized spacial score (nSPS) is 11.6. The number of benzene rings is 10. The molecule has 0 spiro atoms. The maximum Gasteiger partial charge on any atom is 0.124 e. The number of aromatic nitrogens is 1. The lowest BCUT2D eigenvalue weighted by molar-refractivity contribution is 1.28. The first-order valence-corrected chi connectivity index (χ1v) is 24.6. The van der Waals surface area contributed by atoms with Crippen molar-refractivity contribution in [3.05, 3.63) is 231 Å². The largest absolute Gasteiger partial charge is 0.311 e. The third-order valence-electron chi connectivity index (χ3n) is 12.8. The first-order valence-electron chi connectivity index (χ1n) is 22.2. The van der Waals surface area contributed by atoms with Crippen molar-refractivity contribution in [1.29, 1.82) is 0 Å². The van der Waals surface area contributed by atoms with E-state index >= 15 is 0 Å². The number of nitrogens with zero attached hydrogens (tertiary/aromatic N) is 2. The van der Waals surface area contributed by atoms with Gasteiger partial charge in [-0.05, 0) is 118 Å². The van der Waals surface area contributed by atoms with Gasteiger partial charge in [0.1, 0.15) is 5.01 Å². The number of thiazole rings is 1. The van der Waals surface area contributed by atoms with Crippen molar-refractivity contribution < 1.29 is 0 Å². The van der Waals surface area contributed by atoms with Gasteiger partial charge in [0.2, 0.25) is 0 Å². The number of para-hydroxylation sites is 2. The molecule has 310 valence electrons. The Bertz CT molecular complexity index is 3670. The Hall–Kier alpha value is -7.67. The summed E-state index contributed by atoms with van der Waals surface area (Å²) >= 11 is 5.49. The monoisotopic (exact) mass is 894 g/mol. The van der Waals surface area contributed by atoms with E-state index in [1.165, 1.54) is 78.4 Å². The summed E-state index contributed by atoms with van der Waals surface area (Å²) in [7, 11) is 0. The predicted octanol–water partition coefficient (Wildman–Crippen LogP) is 18.8. The minimum atomic E-state index is 0.997. The van der Waals surface area contributed by atoms with Crippen LogP contribution < -0.4 is 4.90 Å². The molecule has 0 fully saturated rings. The van der Waals surface area contributed by atoms with Crippen LogP contribution in [0.3, 0.4) is 0 Å². The van der Waals surface area contributed by atoms with Crippen LogP contribution >= 0.6 is 34.0 Å². The zero-order valence-electron chi connectivity index (χ0n) is 35.6. The van der Waals surface area contributed by atoms with Crippen LogP contribution in [0.5, 0.6) is 0 Å². The number of thiophene rings is 2. The lowest BCUT2D eigenvalue weighted by Crippen LogP contribution is -2.09. The molecule has 13 rings (SSSR count). The Morgan fingerprint density at radius 1 is 0.288 bits per heavy atom. The standard InChI is InChI=1S/C61H38N2S3/c1-3-11-46(12-4-1)63(47-13-5-2-6-14-47)48-31-27-43(28-32-48)61-62-59-49(41-23-19-39(20-24-41)44-29-35-57-53(37-44)51-15-7-9-17-55(51)64-57)33-34-50(60(59)66-61)42-25-21-40(22-26-42)45-30-36-58-54(38-45)52-16-8-10-18-56(52)65-58/h1-38H. The molecule has 0 unspecified atom stereocenters. The summed E-state index contributed by atoms with van der Waals surface area (Å²) in [5, 5.41) is 6.27. The summed E-state index contributed by atoms with van der Waals surface area (Å²) in [6.07, 6.45) is 0. The fraction of sp³-hybridized carbons (Fsp3) is 0. The fourth-order valence-corrected chi connectivity index (χ4v) is 12.7. The third kappa shape index (κ3) is 6.79. The Kier molecular flexibility index (Phi) is 9.45. The highest BCUT2D eigenvalue weighted by atomic mass is 32.1. The van der Waals surface area contributed by atoms with Crippen LogP contribution in [0.2, 0.25) is 0 Å². The van der Waals surface area contributed by atoms with Crippen molar-refractivity contribution in [2.75, 3.05) is 4.90 Å². The van der Waals surface area contributed by atoms with Gasteiger partial charge in [-0.2, -0.15) is 0 Å². The highest BCUT2D eigenvalue weighted by Crippen LogP contribution is 2.44. The minimum absolute atomic E-state index is 0.997. The average molecular weight is 895 g/mol. The zero-order chi connectivity index (χ0) is 43.6. The molecule has 0 saturated carbocycles. The number of anilines is 3. The van der Waals surface area contributed by atoms with Crippen LogP contribution in [-0.2, 0) is 0 Å². The lowest BCUT2D eigenvalue weighted by Gasteiger charge is -2.25. The van der Waals surface area contributed by atoms with Crippen molar-refractivity contribution in [2.45, 2.75) is 0 Å². The van der Waals surface area contributed by atoms with Crippen molar-refractivity contribution >= 4 is 102 Å². The van der Waals surface area contributed by atoms with Gasteiger partial charge in [0.05, 0.1) is 10.2 Å². The van der Waals surface area contributed by atoms with Gasteiger partial charge in [0.25, 0.3) is 0 Å². The van der Waals surface area contributed by atoms with E-state index in [1.54, 1.807) is 11.3 Å². The van der Waals surface area contributed by atoms with Crippen LogP contribution in [-0.4, -0.2) is 4.98 Å². The van der Waals surface area contributed by atoms with Gasteiger partial charge < -0.3 is 4.90 Å². The van der Waals surface area contributed by atoms with E-state index < -0.39 is 0 Å². The van der Waals surface area contributed by atoms with E-state index in [4.69, 9.17) is 4.98 Å². The van der Waals surface area contributed by atoms with Crippen molar-refractivity contribution in [3.63, 3.8) is 0 Å². The van der Waals surface area contributed by atoms with Crippen LogP contribution in [0, 0.1) is 0 Å². The van der Waals surface area contributed by atoms with Gasteiger partial charge in [0, 0.05) is 74.1 Å². The summed E-state index contributed by atoms with van der Waals surface area (Å²) in [5.41, 5.74) is 14.9. The van der Waals surface area contributed by atoms with E-state index in [0.29, 0.717) is 0 Å². The molecule has 66 heavy (non-hydrogen) atoms. The van der Waals surface area contributed by atoms with Crippen molar-refractivity contribution in [2.24, 2.45) is 0 Å². The summed E-state index contributed by atoms with van der Waals surface area (Å²) in [6.45, 7) is 0. The number of hydrogen-bond acceptors (Lipinski definition) is 5. The van der Waals surface area contributed by atoms with Crippen LogP contribution in [0.15, 0.2) is 231 Å². The minimum Gasteiger partial charge on any atom is -0.311 e. The number of rotatable bonds is 8. The van der Waals surface area contributed by atoms with Gasteiger partial charge >= 0.3 is 0 Å².